The molecule has 0 saturated heterocycles. The van der Waals surface area contributed by atoms with Crippen molar-refractivity contribution in [1.82, 2.24) is 15.5 Å². The number of sulfonamides is 1. The molecule has 0 atom stereocenters. The second kappa shape index (κ2) is 5.96. The largest absolute Gasteiger partial charge is 0.350 e. The van der Waals surface area contributed by atoms with Crippen LogP contribution in [0.4, 0.5) is 5.69 Å². The van der Waals surface area contributed by atoms with Gasteiger partial charge in [0.25, 0.3) is 15.9 Å². The number of carbonyl (C=O) groups is 1. The number of carbonyl (C=O) groups excluding carboxylic acids is 1. The Morgan fingerprint density at radius 2 is 1.90 bits per heavy atom. The fourth-order valence-electron chi connectivity index (χ4n) is 1.64. The molecule has 1 heterocycles. The van der Waals surface area contributed by atoms with Gasteiger partial charge in [-0.15, -0.1) is 0 Å². The van der Waals surface area contributed by atoms with Gasteiger partial charge in [0.1, 0.15) is 4.90 Å². The molecule has 8 heteroatoms. The van der Waals surface area contributed by atoms with Crippen LogP contribution in [0.3, 0.4) is 0 Å². The van der Waals surface area contributed by atoms with E-state index < -0.39 is 10.0 Å². The van der Waals surface area contributed by atoms with Crippen molar-refractivity contribution in [2.45, 2.75) is 24.8 Å². The first-order valence-corrected chi connectivity index (χ1v) is 7.79. The summed E-state index contributed by atoms with van der Waals surface area (Å²) in [6.45, 7) is 3.73. The number of hydrogen-bond donors (Lipinski definition) is 3. The van der Waals surface area contributed by atoms with E-state index in [0.29, 0.717) is 11.3 Å². The van der Waals surface area contributed by atoms with E-state index in [-0.39, 0.29) is 16.8 Å². The normalized spacial score (nSPS) is 11.4. The zero-order chi connectivity index (χ0) is 15.5. The quantitative estimate of drug-likeness (QED) is 0.775. The first-order chi connectivity index (χ1) is 9.88. The van der Waals surface area contributed by atoms with Crippen molar-refractivity contribution in [1.29, 1.82) is 0 Å². The second-order valence-electron chi connectivity index (χ2n) is 4.75. The molecule has 1 amide bonds. The summed E-state index contributed by atoms with van der Waals surface area (Å²) in [5.74, 6) is -0.200. The Hall–Kier alpha value is -2.35. The number of H-pyrrole nitrogens is 1. The summed E-state index contributed by atoms with van der Waals surface area (Å²) in [6.07, 6.45) is 2.50. The monoisotopic (exact) mass is 308 g/mol. The van der Waals surface area contributed by atoms with Crippen molar-refractivity contribution < 1.29 is 13.2 Å². The molecule has 0 unspecified atom stereocenters. The Bertz CT molecular complexity index is 706. The lowest BCUT2D eigenvalue weighted by Crippen LogP contribution is -2.30. The lowest BCUT2D eigenvalue weighted by molar-refractivity contribution is 0.0943. The highest BCUT2D eigenvalue weighted by Gasteiger charge is 2.15. The molecule has 7 nitrogen and oxygen atoms in total. The third-order valence-electron chi connectivity index (χ3n) is 2.60. The molecule has 112 valence electrons. The number of hydrogen-bond acceptors (Lipinski definition) is 4. The van der Waals surface area contributed by atoms with E-state index in [1.807, 2.05) is 13.8 Å². The van der Waals surface area contributed by atoms with Crippen LogP contribution in [0.25, 0.3) is 0 Å². The molecule has 0 saturated carbocycles. The predicted octanol–water partition coefficient (Wildman–Crippen LogP) is 1.35. The first-order valence-electron chi connectivity index (χ1n) is 6.31. The number of aromatic nitrogens is 2. The van der Waals surface area contributed by atoms with Crippen molar-refractivity contribution >= 4 is 21.6 Å². The van der Waals surface area contributed by atoms with Crippen LogP contribution in [-0.4, -0.2) is 30.6 Å². The van der Waals surface area contributed by atoms with Crippen LogP contribution >= 0.6 is 0 Å². The van der Waals surface area contributed by atoms with Crippen molar-refractivity contribution in [2.24, 2.45) is 0 Å². The number of nitrogens with one attached hydrogen (secondary N) is 3. The summed E-state index contributed by atoms with van der Waals surface area (Å²) in [4.78, 5) is 11.8. The van der Waals surface area contributed by atoms with Crippen LogP contribution in [0, 0.1) is 0 Å². The van der Waals surface area contributed by atoms with Gasteiger partial charge in [-0.2, -0.15) is 5.10 Å². The standard InChI is InChI=1S/C13H16N4O3S/c1-9(2)16-13(18)10-3-5-11(6-4-10)17-21(19,20)12-7-14-15-8-12/h3-9,17H,1-2H3,(H,14,15)(H,16,18). The summed E-state index contributed by atoms with van der Waals surface area (Å²) in [6, 6.07) is 6.23. The average molecular weight is 308 g/mol. The third kappa shape index (κ3) is 3.82. The smallest absolute Gasteiger partial charge is 0.265 e. The van der Waals surface area contributed by atoms with E-state index in [2.05, 4.69) is 20.2 Å². The van der Waals surface area contributed by atoms with E-state index >= 15 is 0 Å². The highest BCUT2D eigenvalue weighted by molar-refractivity contribution is 7.92. The van der Waals surface area contributed by atoms with Gasteiger partial charge in [-0.3, -0.25) is 14.6 Å². The minimum Gasteiger partial charge on any atom is -0.350 e. The maximum absolute atomic E-state index is 12.0. The van der Waals surface area contributed by atoms with Crippen molar-refractivity contribution in [2.75, 3.05) is 4.72 Å². The Labute approximate surface area is 122 Å². The first kappa shape index (κ1) is 15.0. The van der Waals surface area contributed by atoms with Gasteiger partial charge in [0, 0.05) is 23.5 Å². The SMILES string of the molecule is CC(C)NC(=O)c1ccc(NS(=O)(=O)c2cn[nH]c2)cc1. The maximum Gasteiger partial charge on any atom is 0.265 e. The summed E-state index contributed by atoms with van der Waals surface area (Å²) in [5.41, 5.74) is 0.840. The van der Waals surface area contributed by atoms with E-state index in [0.717, 1.165) is 0 Å². The van der Waals surface area contributed by atoms with Gasteiger partial charge in [-0.25, -0.2) is 8.42 Å². The number of benzene rings is 1. The van der Waals surface area contributed by atoms with Gasteiger partial charge in [0.15, 0.2) is 0 Å². The predicted molar refractivity (Wildman–Crippen MR) is 78.4 cm³/mol. The zero-order valence-corrected chi connectivity index (χ0v) is 12.4. The van der Waals surface area contributed by atoms with Gasteiger partial charge in [-0.05, 0) is 38.1 Å². The van der Waals surface area contributed by atoms with Crippen LogP contribution < -0.4 is 10.0 Å². The number of aromatic amines is 1. The zero-order valence-electron chi connectivity index (χ0n) is 11.6. The Balaban J connectivity index is 2.11. The molecule has 0 aliphatic heterocycles. The van der Waals surface area contributed by atoms with E-state index in [1.54, 1.807) is 12.1 Å². The van der Waals surface area contributed by atoms with Crippen LogP contribution in [0.15, 0.2) is 41.6 Å². The van der Waals surface area contributed by atoms with E-state index in [9.17, 15) is 13.2 Å². The minimum atomic E-state index is -3.67. The molecule has 1 aromatic heterocycles. The highest BCUT2D eigenvalue weighted by Crippen LogP contribution is 2.15. The van der Waals surface area contributed by atoms with Crippen molar-refractivity contribution in [3.8, 4) is 0 Å². The maximum atomic E-state index is 12.0. The van der Waals surface area contributed by atoms with Crippen LogP contribution in [0.2, 0.25) is 0 Å². The Morgan fingerprint density at radius 1 is 1.24 bits per heavy atom. The second-order valence-corrected chi connectivity index (χ2v) is 6.43. The molecule has 2 aromatic rings. The molecule has 0 radical (unpaired) electrons. The Morgan fingerprint density at radius 3 is 2.43 bits per heavy atom. The fourth-order valence-corrected chi connectivity index (χ4v) is 2.60. The van der Waals surface area contributed by atoms with Gasteiger partial charge in [0.2, 0.25) is 0 Å². The molecule has 2 rings (SSSR count). The highest BCUT2D eigenvalue weighted by atomic mass is 32.2. The molecular formula is C13H16N4O3S. The van der Waals surface area contributed by atoms with Crippen LogP contribution in [0.5, 0.6) is 0 Å². The van der Waals surface area contributed by atoms with Crippen molar-refractivity contribution in [3.63, 3.8) is 0 Å². The van der Waals surface area contributed by atoms with Crippen LogP contribution in [-0.2, 0) is 10.0 Å². The molecule has 0 aliphatic carbocycles. The summed E-state index contributed by atoms with van der Waals surface area (Å²) in [5, 5.41) is 8.80. The van der Waals surface area contributed by atoms with Gasteiger partial charge in [0.05, 0.1) is 6.20 Å². The topological polar surface area (TPSA) is 104 Å². The van der Waals surface area contributed by atoms with E-state index in [4.69, 9.17) is 0 Å². The minimum absolute atomic E-state index is 0.0387. The number of anilines is 1. The molecule has 21 heavy (non-hydrogen) atoms. The summed E-state index contributed by atoms with van der Waals surface area (Å²) in [7, 11) is -3.67. The number of rotatable bonds is 5. The average Bonchev–Trinajstić information content (AvgIpc) is 2.93. The third-order valence-corrected chi connectivity index (χ3v) is 3.95. The molecule has 0 spiro atoms. The lowest BCUT2D eigenvalue weighted by Gasteiger charge is -2.09. The molecule has 1 aromatic carbocycles. The summed E-state index contributed by atoms with van der Waals surface area (Å²) < 4.78 is 26.4. The van der Waals surface area contributed by atoms with E-state index in [1.165, 1.54) is 24.5 Å². The molecule has 0 bridgehead atoms. The molecule has 0 fully saturated rings. The lowest BCUT2D eigenvalue weighted by atomic mass is 10.2. The Kier molecular flexibility index (Phi) is 4.27. The number of amides is 1. The number of nitrogens with zero attached hydrogens (tertiary/aromatic N) is 1. The molecular weight excluding hydrogens is 292 g/mol. The molecule has 0 aliphatic rings. The fraction of sp³-hybridized carbons (Fsp3) is 0.231. The van der Waals surface area contributed by atoms with Crippen LogP contribution in [0.1, 0.15) is 24.2 Å². The van der Waals surface area contributed by atoms with Gasteiger partial charge < -0.3 is 5.32 Å². The summed E-state index contributed by atoms with van der Waals surface area (Å²) >= 11 is 0. The van der Waals surface area contributed by atoms with Gasteiger partial charge in [-0.1, -0.05) is 0 Å². The molecule has 3 N–H and O–H groups in total. The van der Waals surface area contributed by atoms with Crippen molar-refractivity contribution in [3.05, 3.63) is 42.2 Å². The van der Waals surface area contributed by atoms with Gasteiger partial charge >= 0.3 is 0 Å².